The van der Waals surface area contributed by atoms with E-state index in [2.05, 4.69) is 55.4 Å². The molecule has 0 aromatic carbocycles. The lowest BCUT2D eigenvalue weighted by Gasteiger charge is -2.21. The molecule has 91 heavy (non-hydrogen) atoms. The fourth-order valence-electron chi connectivity index (χ4n) is 10.8. The van der Waals surface area contributed by atoms with Crippen molar-refractivity contribution in [2.45, 2.75) is 375 Å². The summed E-state index contributed by atoms with van der Waals surface area (Å²) in [4.78, 5) is 72.6. The Kier molecular flexibility index (Phi) is 60.3. The third kappa shape index (κ3) is 66.5. The number of carbonyl (C=O) groups excluding carboxylic acids is 4. The summed E-state index contributed by atoms with van der Waals surface area (Å²) in [5.41, 5.74) is 0. The predicted molar refractivity (Wildman–Crippen MR) is 367 cm³/mol. The summed E-state index contributed by atoms with van der Waals surface area (Å²) in [6.45, 7) is 14.1. The first kappa shape index (κ1) is 89.1. The number of esters is 4. The van der Waals surface area contributed by atoms with E-state index in [1.165, 1.54) is 161 Å². The van der Waals surface area contributed by atoms with Crippen molar-refractivity contribution < 1.29 is 80.2 Å². The number of hydrogen-bond donors (Lipinski definition) is 3. The Morgan fingerprint density at radius 2 is 0.462 bits per heavy atom. The highest BCUT2D eigenvalue weighted by Gasteiger charge is 2.30. The number of aliphatic hydroxyl groups is 1. The highest BCUT2D eigenvalue weighted by atomic mass is 31.2. The van der Waals surface area contributed by atoms with Crippen LogP contribution in [0.2, 0.25) is 0 Å². The van der Waals surface area contributed by atoms with E-state index in [-0.39, 0.29) is 25.7 Å². The third-order valence-electron chi connectivity index (χ3n) is 16.6. The molecule has 0 saturated carbocycles. The van der Waals surface area contributed by atoms with Gasteiger partial charge in [0.1, 0.15) is 19.3 Å². The van der Waals surface area contributed by atoms with Gasteiger partial charge in [-0.05, 0) is 49.4 Å². The van der Waals surface area contributed by atoms with E-state index >= 15 is 0 Å². The molecular formula is C72H140O17P2. The Balaban J connectivity index is 5.22. The zero-order chi connectivity index (χ0) is 67.5. The van der Waals surface area contributed by atoms with Gasteiger partial charge in [-0.2, -0.15) is 0 Å². The summed E-state index contributed by atoms with van der Waals surface area (Å²) in [6.07, 6.45) is 44.7. The van der Waals surface area contributed by atoms with Crippen LogP contribution in [-0.2, 0) is 65.4 Å². The van der Waals surface area contributed by atoms with Crippen molar-refractivity contribution in [2.24, 2.45) is 23.7 Å². The van der Waals surface area contributed by atoms with Crippen molar-refractivity contribution in [1.29, 1.82) is 0 Å². The topological polar surface area (TPSA) is 237 Å². The van der Waals surface area contributed by atoms with Crippen LogP contribution in [0.4, 0.5) is 0 Å². The summed E-state index contributed by atoms with van der Waals surface area (Å²) in [5, 5.41) is 10.6. The van der Waals surface area contributed by atoms with Gasteiger partial charge >= 0.3 is 39.5 Å². The van der Waals surface area contributed by atoms with Crippen LogP contribution >= 0.6 is 15.6 Å². The standard InChI is InChI=1S/C72H140O17P2/c1-62(2)48-40-32-24-18-14-11-9-10-12-16-20-27-36-44-52-69(74)82-58-67(88-71(76)54-46-38-29-21-17-13-15-19-25-33-41-49-63(3)4)60-86-90(78,79)84-56-66(73)57-85-91(80,81)87-61-68(89-72(77)55-47-39-31-30-35-43-51-65(7)8)59-83-70(75)53-45-37-28-23-22-26-34-42-50-64(5)6/h62-68,73H,9-61H2,1-8H3,(H,78,79)(H,80,81)/t66?,67-,68-/m1/s1. The number of rotatable bonds is 69. The number of phosphoric acid groups is 2. The van der Waals surface area contributed by atoms with Crippen molar-refractivity contribution in [3.8, 4) is 0 Å². The molecule has 3 N–H and O–H groups in total. The number of ether oxygens (including phenoxy) is 4. The summed E-state index contributed by atoms with van der Waals surface area (Å²) in [7, 11) is -9.90. The monoisotopic (exact) mass is 1340 g/mol. The zero-order valence-corrected chi connectivity index (χ0v) is 61.3. The van der Waals surface area contributed by atoms with Gasteiger partial charge in [0, 0.05) is 25.7 Å². The Hall–Kier alpha value is -1.94. The van der Waals surface area contributed by atoms with Gasteiger partial charge in [-0.15, -0.1) is 0 Å². The Morgan fingerprint density at radius 1 is 0.275 bits per heavy atom. The molecule has 0 aliphatic rings. The van der Waals surface area contributed by atoms with Crippen LogP contribution in [-0.4, -0.2) is 96.7 Å². The normalized spacial score (nSPS) is 14.2. The van der Waals surface area contributed by atoms with Crippen LogP contribution in [0.25, 0.3) is 0 Å². The number of unbranched alkanes of at least 4 members (excludes halogenated alkanes) is 35. The minimum atomic E-state index is -4.95. The van der Waals surface area contributed by atoms with Crippen LogP contribution in [0.5, 0.6) is 0 Å². The molecule has 0 bridgehead atoms. The number of carbonyl (C=O) groups is 4. The lowest BCUT2D eigenvalue weighted by atomic mass is 10.0. The predicted octanol–water partition coefficient (Wildman–Crippen LogP) is 20.5. The van der Waals surface area contributed by atoms with Crippen molar-refractivity contribution in [1.82, 2.24) is 0 Å². The molecular weight excluding hydrogens is 1200 g/mol. The van der Waals surface area contributed by atoms with Gasteiger partial charge in [-0.3, -0.25) is 37.3 Å². The molecule has 0 rings (SSSR count). The van der Waals surface area contributed by atoms with Crippen molar-refractivity contribution >= 4 is 39.5 Å². The average Bonchev–Trinajstić information content (AvgIpc) is 2.33. The van der Waals surface area contributed by atoms with Crippen LogP contribution in [0.3, 0.4) is 0 Å². The second-order valence-electron chi connectivity index (χ2n) is 27.9. The SMILES string of the molecule is CC(C)CCCCCCCCCCCCCCCCC(=O)OC[C@H](COP(=O)(O)OCC(O)COP(=O)(O)OC[C@@H](COC(=O)CCCCCCCCCCC(C)C)OC(=O)CCCCCCCCC(C)C)OC(=O)CCCCCCCCCCCCCC(C)C. The highest BCUT2D eigenvalue weighted by molar-refractivity contribution is 7.47. The van der Waals surface area contributed by atoms with E-state index in [0.29, 0.717) is 31.6 Å². The first-order chi connectivity index (χ1) is 43.6. The molecule has 540 valence electrons. The molecule has 19 heteroatoms. The first-order valence-electron chi connectivity index (χ1n) is 37.2. The summed E-state index contributed by atoms with van der Waals surface area (Å²) >= 11 is 0. The fourth-order valence-corrected chi connectivity index (χ4v) is 12.4. The van der Waals surface area contributed by atoms with E-state index in [9.17, 15) is 43.2 Å². The Bertz CT molecular complexity index is 1800. The summed E-state index contributed by atoms with van der Waals surface area (Å²) < 4.78 is 68.3. The quantitative estimate of drug-likeness (QED) is 0.0222. The van der Waals surface area contributed by atoms with Gasteiger partial charge in [0.2, 0.25) is 0 Å². The minimum Gasteiger partial charge on any atom is -0.462 e. The third-order valence-corrected chi connectivity index (χ3v) is 18.5. The van der Waals surface area contributed by atoms with Crippen LogP contribution in [0, 0.1) is 23.7 Å². The maximum atomic E-state index is 13.0. The molecule has 0 amide bonds. The van der Waals surface area contributed by atoms with Crippen molar-refractivity contribution in [3.05, 3.63) is 0 Å². The molecule has 0 fully saturated rings. The molecule has 0 saturated heterocycles. The smallest absolute Gasteiger partial charge is 0.462 e. The van der Waals surface area contributed by atoms with Gasteiger partial charge in [-0.1, -0.05) is 306 Å². The molecule has 0 aromatic heterocycles. The molecule has 17 nitrogen and oxygen atoms in total. The molecule has 0 heterocycles. The van der Waals surface area contributed by atoms with Crippen LogP contribution in [0.1, 0.15) is 357 Å². The maximum absolute atomic E-state index is 13.0. The van der Waals surface area contributed by atoms with Crippen LogP contribution < -0.4 is 0 Å². The van der Waals surface area contributed by atoms with E-state index in [1.807, 2.05) is 0 Å². The van der Waals surface area contributed by atoms with E-state index in [4.69, 9.17) is 37.0 Å². The number of phosphoric ester groups is 2. The lowest BCUT2D eigenvalue weighted by molar-refractivity contribution is -0.161. The fraction of sp³-hybridized carbons (Fsp3) is 0.944. The largest absolute Gasteiger partial charge is 0.472 e. The second kappa shape index (κ2) is 61.6. The molecule has 0 aromatic rings. The zero-order valence-electron chi connectivity index (χ0n) is 59.5. The molecule has 3 unspecified atom stereocenters. The summed E-state index contributed by atoms with van der Waals surface area (Å²) in [6, 6.07) is 0. The molecule has 0 aliphatic carbocycles. The number of aliphatic hydroxyl groups excluding tert-OH is 1. The maximum Gasteiger partial charge on any atom is 0.472 e. The van der Waals surface area contributed by atoms with Gasteiger partial charge in [0.05, 0.1) is 26.4 Å². The average molecular weight is 1340 g/mol. The van der Waals surface area contributed by atoms with Crippen molar-refractivity contribution in [3.63, 3.8) is 0 Å². The molecule has 0 radical (unpaired) electrons. The van der Waals surface area contributed by atoms with Gasteiger partial charge in [0.15, 0.2) is 12.2 Å². The van der Waals surface area contributed by atoms with Crippen LogP contribution in [0.15, 0.2) is 0 Å². The Labute approximate surface area is 556 Å². The van der Waals surface area contributed by atoms with E-state index in [1.54, 1.807) is 0 Å². The van der Waals surface area contributed by atoms with Crippen molar-refractivity contribution in [2.75, 3.05) is 39.6 Å². The van der Waals surface area contributed by atoms with E-state index < -0.39 is 97.5 Å². The van der Waals surface area contributed by atoms with Gasteiger partial charge in [-0.25, -0.2) is 9.13 Å². The highest BCUT2D eigenvalue weighted by Crippen LogP contribution is 2.45. The minimum absolute atomic E-state index is 0.101. The first-order valence-corrected chi connectivity index (χ1v) is 40.2. The molecule has 0 aliphatic heterocycles. The Morgan fingerprint density at radius 3 is 0.681 bits per heavy atom. The molecule has 5 atom stereocenters. The second-order valence-corrected chi connectivity index (χ2v) is 30.8. The van der Waals surface area contributed by atoms with Gasteiger partial charge in [0.25, 0.3) is 0 Å². The van der Waals surface area contributed by atoms with Gasteiger partial charge < -0.3 is 33.8 Å². The molecule has 0 spiro atoms. The van der Waals surface area contributed by atoms with E-state index in [0.717, 1.165) is 108 Å². The number of hydrogen-bond acceptors (Lipinski definition) is 15. The summed E-state index contributed by atoms with van der Waals surface area (Å²) in [5.74, 6) is 0.829. The lowest BCUT2D eigenvalue weighted by Crippen LogP contribution is -2.30.